The highest BCUT2D eigenvalue weighted by atomic mass is 16.5. The predicted octanol–water partition coefficient (Wildman–Crippen LogP) is 2.50. The van der Waals surface area contributed by atoms with Gasteiger partial charge < -0.3 is 9.64 Å². The lowest BCUT2D eigenvalue weighted by molar-refractivity contribution is -0.130. The van der Waals surface area contributed by atoms with Crippen molar-refractivity contribution in [3.05, 3.63) is 29.8 Å². The Hall–Kier alpha value is -1.51. The van der Waals surface area contributed by atoms with Gasteiger partial charge in [-0.25, -0.2) is 0 Å². The van der Waals surface area contributed by atoms with E-state index < -0.39 is 0 Å². The second kappa shape index (κ2) is 5.89. The van der Waals surface area contributed by atoms with Crippen LogP contribution in [-0.4, -0.2) is 31.0 Å². The molecular formula is C15H21NO2. The molecule has 3 nitrogen and oxygen atoms in total. The van der Waals surface area contributed by atoms with Gasteiger partial charge >= 0.3 is 0 Å². The summed E-state index contributed by atoms with van der Waals surface area (Å²) in [5.41, 5.74) is 1.16. The molecule has 1 amide bonds. The quantitative estimate of drug-likeness (QED) is 0.818. The van der Waals surface area contributed by atoms with E-state index in [1.165, 1.54) is 0 Å². The van der Waals surface area contributed by atoms with Crippen molar-refractivity contribution in [1.82, 2.24) is 4.90 Å². The number of benzene rings is 1. The Morgan fingerprint density at radius 2 is 2.33 bits per heavy atom. The molecule has 1 unspecified atom stereocenters. The molecule has 1 aromatic carbocycles. The molecular weight excluding hydrogens is 226 g/mol. The first-order valence-electron chi connectivity index (χ1n) is 6.59. The van der Waals surface area contributed by atoms with Gasteiger partial charge in [0.05, 0.1) is 7.11 Å². The summed E-state index contributed by atoms with van der Waals surface area (Å²) in [4.78, 5) is 14.0. The molecule has 1 saturated heterocycles. The van der Waals surface area contributed by atoms with Crippen LogP contribution in [0.25, 0.3) is 0 Å². The first-order valence-corrected chi connectivity index (χ1v) is 6.59. The molecule has 1 atom stereocenters. The average molecular weight is 247 g/mol. The molecule has 0 bridgehead atoms. The number of aryl methyl sites for hydroxylation is 1. The Balaban J connectivity index is 1.85. The van der Waals surface area contributed by atoms with Crippen molar-refractivity contribution in [2.75, 3.05) is 20.2 Å². The first kappa shape index (κ1) is 12.9. The lowest BCUT2D eigenvalue weighted by Gasteiger charge is -2.15. The second-order valence-electron chi connectivity index (χ2n) is 5.09. The van der Waals surface area contributed by atoms with E-state index in [2.05, 4.69) is 6.92 Å². The van der Waals surface area contributed by atoms with Crippen LogP contribution in [0.1, 0.15) is 25.3 Å². The topological polar surface area (TPSA) is 29.5 Å². The number of carbonyl (C=O) groups excluding carboxylic acids is 1. The molecule has 0 radical (unpaired) electrons. The van der Waals surface area contributed by atoms with Gasteiger partial charge in [-0.2, -0.15) is 0 Å². The Morgan fingerprint density at radius 1 is 1.50 bits per heavy atom. The van der Waals surface area contributed by atoms with Gasteiger partial charge in [-0.1, -0.05) is 19.1 Å². The number of hydrogen-bond donors (Lipinski definition) is 0. The van der Waals surface area contributed by atoms with Gasteiger partial charge in [0.2, 0.25) is 5.91 Å². The van der Waals surface area contributed by atoms with Gasteiger partial charge in [0, 0.05) is 19.5 Å². The van der Waals surface area contributed by atoms with Gasteiger partial charge in [0.15, 0.2) is 0 Å². The van der Waals surface area contributed by atoms with Crippen LogP contribution in [0, 0.1) is 5.92 Å². The minimum Gasteiger partial charge on any atom is -0.497 e. The Bertz CT molecular complexity index is 417. The van der Waals surface area contributed by atoms with Gasteiger partial charge in [-0.3, -0.25) is 4.79 Å². The van der Waals surface area contributed by atoms with Crippen LogP contribution in [0.5, 0.6) is 5.75 Å². The maximum atomic E-state index is 12.0. The molecule has 98 valence electrons. The third-order valence-corrected chi connectivity index (χ3v) is 3.54. The molecule has 1 aliphatic heterocycles. The summed E-state index contributed by atoms with van der Waals surface area (Å²) in [6.07, 6.45) is 2.53. The van der Waals surface area contributed by atoms with Gasteiger partial charge in [-0.15, -0.1) is 0 Å². The fourth-order valence-electron chi connectivity index (χ4n) is 2.40. The number of ether oxygens (including phenoxy) is 1. The molecule has 1 heterocycles. The van der Waals surface area contributed by atoms with Crippen molar-refractivity contribution in [3.63, 3.8) is 0 Å². The van der Waals surface area contributed by atoms with Crippen LogP contribution < -0.4 is 4.74 Å². The Morgan fingerprint density at radius 3 is 3.00 bits per heavy atom. The van der Waals surface area contributed by atoms with E-state index in [4.69, 9.17) is 4.74 Å². The van der Waals surface area contributed by atoms with Crippen molar-refractivity contribution in [2.24, 2.45) is 5.92 Å². The Labute approximate surface area is 109 Å². The summed E-state index contributed by atoms with van der Waals surface area (Å²) in [6.45, 7) is 4.06. The van der Waals surface area contributed by atoms with Crippen LogP contribution in [0.15, 0.2) is 24.3 Å². The van der Waals surface area contributed by atoms with Gasteiger partial charge in [-0.05, 0) is 36.5 Å². The molecule has 0 N–H and O–H groups in total. The molecule has 0 saturated carbocycles. The SMILES string of the molecule is COc1cccc(CCC(=O)N2CCC(C)C2)c1. The fourth-order valence-corrected chi connectivity index (χ4v) is 2.40. The van der Waals surface area contributed by atoms with Crippen LogP contribution in [-0.2, 0) is 11.2 Å². The molecule has 3 heteroatoms. The zero-order chi connectivity index (χ0) is 13.0. The number of nitrogens with zero attached hydrogens (tertiary/aromatic N) is 1. The molecule has 2 rings (SSSR count). The summed E-state index contributed by atoms with van der Waals surface area (Å²) in [6, 6.07) is 7.94. The first-order chi connectivity index (χ1) is 8.69. The maximum Gasteiger partial charge on any atom is 0.222 e. The normalized spacial score (nSPS) is 19.0. The van der Waals surface area contributed by atoms with Gasteiger partial charge in [0.1, 0.15) is 5.75 Å². The smallest absolute Gasteiger partial charge is 0.222 e. The zero-order valence-corrected chi connectivity index (χ0v) is 11.2. The Kier molecular flexibility index (Phi) is 4.24. The number of rotatable bonds is 4. The monoisotopic (exact) mass is 247 g/mol. The van der Waals surface area contributed by atoms with E-state index in [0.717, 1.165) is 37.2 Å². The van der Waals surface area contributed by atoms with Gasteiger partial charge in [0.25, 0.3) is 0 Å². The van der Waals surface area contributed by atoms with Crippen molar-refractivity contribution in [1.29, 1.82) is 0 Å². The largest absolute Gasteiger partial charge is 0.497 e. The molecule has 0 spiro atoms. The highest BCUT2D eigenvalue weighted by Crippen LogP contribution is 2.18. The number of carbonyl (C=O) groups is 1. The summed E-state index contributed by atoms with van der Waals surface area (Å²) < 4.78 is 5.18. The molecule has 1 aliphatic rings. The van der Waals surface area contributed by atoms with Crippen molar-refractivity contribution in [3.8, 4) is 5.75 Å². The second-order valence-corrected chi connectivity index (χ2v) is 5.09. The number of hydrogen-bond acceptors (Lipinski definition) is 2. The van der Waals surface area contributed by atoms with Crippen molar-refractivity contribution < 1.29 is 9.53 Å². The van der Waals surface area contributed by atoms with Crippen molar-refractivity contribution in [2.45, 2.75) is 26.2 Å². The number of methoxy groups -OCH3 is 1. The highest BCUT2D eigenvalue weighted by molar-refractivity contribution is 5.76. The molecule has 0 aromatic heterocycles. The standard InChI is InChI=1S/C15H21NO2/c1-12-8-9-16(11-12)15(17)7-6-13-4-3-5-14(10-13)18-2/h3-5,10,12H,6-9,11H2,1-2H3. The van der Waals surface area contributed by atoms with E-state index in [-0.39, 0.29) is 5.91 Å². The third kappa shape index (κ3) is 3.25. The number of likely N-dealkylation sites (tertiary alicyclic amines) is 1. The van der Waals surface area contributed by atoms with E-state index >= 15 is 0 Å². The maximum absolute atomic E-state index is 12.0. The van der Waals surface area contributed by atoms with Crippen LogP contribution in [0.2, 0.25) is 0 Å². The molecule has 1 fully saturated rings. The van der Waals surface area contributed by atoms with E-state index in [9.17, 15) is 4.79 Å². The lowest BCUT2D eigenvalue weighted by atomic mass is 10.1. The minimum atomic E-state index is 0.280. The average Bonchev–Trinajstić information content (AvgIpc) is 2.83. The van der Waals surface area contributed by atoms with Crippen LogP contribution >= 0.6 is 0 Å². The van der Waals surface area contributed by atoms with E-state index in [1.807, 2.05) is 29.2 Å². The van der Waals surface area contributed by atoms with Crippen LogP contribution in [0.3, 0.4) is 0 Å². The zero-order valence-electron chi connectivity index (χ0n) is 11.2. The summed E-state index contributed by atoms with van der Waals surface area (Å²) >= 11 is 0. The van der Waals surface area contributed by atoms with E-state index in [1.54, 1.807) is 7.11 Å². The molecule has 18 heavy (non-hydrogen) atoms. The number of amides is 1. The summed E-state index contributed by atoms with van der Waals surface area (Å²) in [5, 5.41) is 0. The van der Waals surface area contributed by atoms with Crippen LogP contribution in [0.4, 0.5) is 0 Å². The van der Waals surface area contributed by atoms with Crippen molar-refractivity contribution >= 4 is 5.91 Å². The summed E-state index contributed by atoms with van der Waals surface area (Å²) in [7, 11) is 1.66. The third-order valence-electron chi connectivity index (χ3n) is 3.54. The fraction of sp³-hybridized carbons (Fsp3) is 0.533. The lowest BCUT2D eigenvalue weighted by Crippen LogP contribution is -2.28. The minimum absolute atomic E-state index is 0.280. The highest BCUT2D eigenvalue weighted by Gasteiger charge is 2.22. The molecule has 0 aliphatic carbocycles. The summed E-state index contributed by atoms with van der Waals surface area (Å²) in [5.74, 6) is 1.79. The molecule has 1 aromatic rings. The predicted molar refractivity (Wildman–Crippen MR) is 71.7 cm³/mol. The van der Waals surface area contributed by atoms with E-state index in [0.29, 0.717) is 12.3 Å².